The van der Waals surface area contributed by atoms with Crippen LogP contribution in [0.3, 0.4) is 0 Å². The molecular formula is C20H20ClN3. The number of hydrogen-bond acceptors (Lipinski definition) is 3. The van der Waals surface area contributed by atoms with Crippen LogP contribution >= 0.6 is 11.6 Å². The van der Waals surface area contributed by atoms with Crippen LogP contribution in [0.2, 0.25) is 5.02 Å². The van der Waals surface area contributed by atoms with Gasteiger partial charge in [-0.3, -0.25) is 4.98 Å². The summed E-state index contributed by atoms with van der Waals surface area (Å²) in [5.74, 6) is 0. The van der Waals surface area contributed by atoms with Gasteiger partial charge in [-0.25, -0.2) is 0 Å². The third kappa shape index (κ3) is 3.10. The molecule has 0 fully saturated rings. The van der Waals surface area contributed by atoms with Crippen LogP contribution in [0.1, 0.15) is 16.7 Å². The molecule has 24 heavy (non-hydrogen) atoms. The molecule has 3 nitrogen and oxygen atoms in total. The van der Waals surface area contributed by atoms with Crippen molar-refractivity contribution in [1.29, 1.82) is 0 Å². The van der Waals surface area contributed by atoms with Gasteiger partial charge in [-0.15, -0.1) is 0 Å². The molecule has 0 saturated heterocycles. The van der Waals surface area contributed by atoms with Gasteiger partial charge in [0.05, 0.1) is 16.2 Å². The van der Waals surface area contributed by atoms with Crippen molar-refractivity contribution in [2.45, 2.75) is 19.4 Å². The SMILES string of the molecule is Clc1ccc2c(c1NCc1ccc3ncccc3c1)CCNCC2. The molecule has 0 atom stereocenters. The van der Waals surface area contributed by atoms with E-state index in [4.69, 9.17) is 11.6 Å². The van der Waals surface area contributed by atoms with Crippen LogP contribution in [0.4, 0.5) is 5.69 Å². The predicted molar refractivity (Wildman–Crippen MR) is 101 cm³/mol. The zero-order valence-corrected chi connectivity index (χ0v) is 14.2. The van der Waals surface area contributed by atoms with Crippen LogP contribution in [0.15, 0.2) is 48.7 Å². The minimum Gasteiger partial charge on any atom is -0.380 e. The molecule has 0 unspecified atom stereocenters. The molecule has 3 aromatic rings. The first-order valence-electron chi connectivity index (χ1n) is 8.40. The number of pyridine rings is 1. The van der Waals surface area contributed by atoms with Crippen molar-refractivity contribution >= 4 is 28.2 Å². The van der Waals surface area contributed by atoms with E-state index in [9.17, 15) is 0 Å². The van der Waals surface area contributed by atoms with Crippen LogP contribution in [0, 0.1) is 0 Å². The van der Waals surface area contributed by atoms with Crippen LogP contribution in [0.5, 0.6) is 0 Å². The molecule has 0 spiro atoms. The monoisotopic (exact) mass is 337 g/mol. The number of anilines is 1. The van der Waals surface area contributed by atoms with E-state index in [0.717, 1.165) is 48.7 Å². The molecule has 4 heteroatoms. The highest BCUT2D eigenvalue weighted by atomic mass is 35.5. The summed E-state index contributed by atoms with van der Waals surface area (Å²) in [5.41, 5.74) is 6.10. The summed E-state index contributed by atoms with van der Waals surface area (Å²) in [7, 11) is 0. The normalized spacial score (nSPS) is 14.2. The van der Waals surface area contributed by atoms with Gasteiger partial charge in [0.25, 0.3) is 0 Å². The van der Waals surface area contributed by atoms with Crippen LogP contribution in [-0.2, 0) is 19.4 Å². The smallest absolute Gasteiger partial charge is 0.0702 e. The lowest BCUT2D eigenvalue weighted by atomic mass is 10.0. The van der Waals surface area contributed by atoms with E-state index < -0.39 is 0 Å². The molecule has 0 bridgehead atoms. The van der Waals surface area contributed by atoms with Crippen LogP contribution in [0.25, 0.3) is 10.9 Å². The second-order valence-corrected chi connectivity index (χ2v) is 6.60. The zero-order valence-electron chi connectivity index (χ0n) is 13.5. The minimum atomic E-state index is 0.758. The number of nitrogens with one attached hydrogen (secondary N) is 2. The van der Waals surface area contributed by atoms with Gasteiger partial charge in [0.1, 0.15) is 0 Å². The summed E-state index contributed by atoms with van der Waals surface area (Å²) in [6, 6.07) is 14.6. The van der Waals surface area contributed by atoms with Gasteiger partial charge in [-0.05, 0) is 66.9 Å². The van der Waals surface area contributed by atoms with Gasteiger partial charge >= 0.3 is 0 Å². The highest BCUT2D eigenvalue weighted by Gasteiger charge is 2.14. The lowest BCUT2D eigenvalue weighted by Gasteiger charge is -2.16. The molecule has 4 rings (SSSR count). The van der Waals surface area contributed by atoms with E-state index >= 15 is 0 Å². The molecule has 1 aromatic heterocycles. The van der Waals surface area contributed by atoms with Gasteiger partial charge in [0, 0.05) is 18.1 Å². The lowest BCUT2D eigenvalue weighted by molar-refractivity contribution is 0.711. The summed E-state index contributed by atoms with van der Waals surface area (Å²) in [4.78, 5) is 4.37. The van der Waals surface area contributed by atoms with Crippen molar-refractivity contribution in [3.63, 3.8) is 0 Å². The molecule has 0 aliphatic carbocycles. The van der Waals surface area contributed by atoms with Crippen molar-refractivity contribution in [2.75, 3.05) is 18.4 Å². The Kier molecular flexibility index (Phi) is 4.37. The number of rotatable bonds is 3. The van der Waals surface area contributed by atoms with Gasteiger partial charge < -0.3 is 10.6 Å². The summed E-state index contributed by atoms with van der Waals surface area (Å²) in [6.45, 7) is 2.80. The average Bonchev–Trinajstić information content (AvgIpc) is 2.86. The highest BCUT2D eigenvalue weighted by Crippen LogP contribution is 2.31. The summed E-state index contributed by atoms with van der Waals surface area (Å²) in [6.07, 6.45) is 3.90. The first kappa shape index (κ1) is 15.4. The number of aromatic nitrogens is 1. The Balaban J connectivity index is 1.60. The fourth-order valence-electron chi connectivity index (χ4n) is 3.36. The minimum absolute atomic E-state index is 0.758. The molecule has 2 aromatic carbocycles. The molecule has 0 amide bonds. The van der Waals surface area contributed by atoms with E-state index in [1.807, 2.05) is 18.3 Å². The summed E-state index contributed by atoms with van der Waals surface area (Å²) < 4.78 is 0. The molecule has 2 heterocycles. The van der Waals surface area contributed by atoms with Crippen molar-refractivity contribution < 1.29 is 0 Å². The van der Waals surface area contributed by atoms with E-state index in [2.05, 4.69) is 45.9 Å². The van der Waals surface area contributed by atoms with Crippen molar-refractivity contribution in [3.05, 3.63) is 70.4 Å². The third-order valence-corrected chi connectivity index (χ3v) is 4.93. The number of benzene rings is 2. The fraction of sp³-hybridized carbons (Fsp3) is 0.250. The van der Waals surface area contributed by atoms with Gasteiger partial charge in [0.15, 0.2) is 0 Å². The first-order chi connectivity index (χ1) is 11.8. The molecule has 1 aliphatic heterocycles. The number of halogens is 1. The van der Waals surface area contributed by atoms with Gasteiger partial charge in [0.2, 0.25) is 0 Å². The van der Waals surface area contributed by atoms with E-state index in [-0.39, 0.29) is 0 Å². The molecular weight excluding hydrogens is 318 g/mol. The molecule has 0 saturated carbocycles. The number of fused-ring (bicyclic) bond motifs is 2. The second kappa shape index (κ2) is 6.80. The molecule has 122 valence electrons. The van der Waals surface area contributed by atoms with Crippen LogP contribution in [-0.4, -0.2) is 18.1 Å². The van der Waals surface area contributed by atoms with Crippen molar-refractivity contribution in [1.82, 2.24) is 10.3 Å². The fourth-order valence-corrected chi connectivity index (χ4v) is 3.60. The Hall–Kier alpha value is -2.10. The summed E-state index contributed by atoms with van der Waals surface area (Å²) in [5, 5.41) is 9.00. The Morgan fingerprint density at radius 2 is 2.00 bits per heavy atom. The predicted octanol–water partition coefficient (Wildman–Crippen LogP) is 4.19. The largest absolute Gasteiger partial charge is 0.380 e. The number of hydrogen-bond donors (Lipinski definition) is 2. The van der Waals surface area contributed by atoms with Crippen molar-refractivity contribution in [3.8, 4) is 0 Å². The maximum Gasteiger partial charge on any atom is 0.0702 e. The average molecular weight is 338 g/mol. The van der Waals surface area contributed by atoms with Gasteiger partial charge in [-0.2, -0.15) is 0 Å². The maximum absolute atomic E-state index is 6.48. The standard InChI is InChI=1S/C20H20ClN3/c21-18-5-4-15-7-10-22-11-8-17(15)20(18)24-13-14-3-6-19-16(12-14)2-1-9-23-19/h1-6,9,12,22,24H,7-8,10-11,13H2. The van der Waals surface area contributed by atoms with Gasteiger partial charge in [-0.1, -0.05) is 29.8 Å². The topological polar surface area (TPSA) is 37.0 Å². The van der Waals surface area contributed by atoms with E-state index in [1.165, 1.54) is 22.1 Å². The Morgan fingerprint density at radius 3 is 2.96 bits per heavy atom. The lowest BCUT2D eigenvalue weighted by Crippen LogP contribution is -2.16. The molecule has 2 N–H and O–H groups in total. The van der Waals surface area contributed by atoms with Crippen LogP contribution < -0.4 is 10.6 Å². The maximum atomic E-state index is 6.48. The quantitative estimate of drug-likeness (QED) is 0.752. The van der Waals surface area contributed by atoms with Crippen molar-refractivity contribution in [2.24, 2.45) is 0 Å². The molecule has 0 radical (unpaired) electrons. The highest BCUT2D eigenvalue weighted by molar-refractivity contribution is 6.33. The Morgan fingerprint density at radius 1 is 1.08 bits per heavy atom. The number of nitrogens with zero attached hydrogens (tertiary/aromatic N) is 1. The third-order valence-electron chi connectivity index (χ3n) is 4.62. The summed E-state index contributed by atoms with van der Waals surface area (Å²) >= 11 is 6.48. The first-order valence-corrected chi connectivity index (χ1v) is 8.77. The Labute approximate surface area is 147 Å². The molecule has 1 aliphatic rings. The second-order valence-electron chi connectivity index (χ2n) is 6.19. The van der Waals surface area contributed by atoms with E-state index in [0.29, 0.717) is 0 Å². The Bertz CT molecular complexity index is 876. The zero-order chi connectivity index (χ0) is 16.4. The van der Waals surface area contributed by atoms with E-state index in [1.54, 1.807) is 0 Å².